The van der Waals surface area contributed by atoms with Crippen molar-refractivity contribution in [2.75, 3.05) is 10.6 Å². The Morgan fingerprint density at radius 2 is 1.78 bits per heavy atom. The maximum atomic E-state index is 11.6. The maximum absolute atomic E-state index is 11.6. The van der Waals surface area contributed by atoms with Gasteiger partial charge in [0, 0.05) is 11.1 Å². The molecule has 0 saturated carbocycles. The van der Waals surface area contributed by atoms with Gasteiger partial charge in [0.2, 0.25) is 0 Å². The molecule has 2 aromatic rings. The third kappa shape index (κ3) is 3.14. The Kier molecular flexibility index (Phi) is 3.69. The van der Waals surface area contributed by atoms with Gasteiger partial charge >= 0.3 is 11.8 Å². The van der Waals surface area contributed by atoms with Gasteiger partial charge in [0.15, 0.2) is 5.13 Å². The van der Waals surface area contributed by atoms with Crippen LogP contribution in [-0.2, 0) is 9.59 Å². The summed E-state index contributed by atoms with van der Waals surface area (Å²) in [6.45, 7) is 1.82. The van der Waals surface area contributed by atoms with Crippen molar-refractivity contribution in [1.29, 1.82) is 0 Å². The van der Waals surface area contributed by atoms with Gasteiger partial charge in [-0.25, -0.2) is 4.98 Å². The van der Waals surface area contributed by atoms with E-state index in [0.717, 1.165) is 5.69 Å². The number of para-hydroxylation sites is 1. The van der Waals surface area contributed by atoms with Crippen molar-refractivity contribution in [3.63, 3.8) is 0 Å². The second-order valence-corrected chi connectivity index (χ2v) is 4.43. The van der Waals surface area contributed by atoms with E-state index in [1.54, 1.807) is 29.6 Å². The molecule has 92 valence electrons. The smallest absolute Gasteiger partial charge is 0.315 e. The molecule has 0 spiro atoms. The predicted octanol–water partition coefficient (Wildman–Crippen LogP) is 2.03. The first-order valence-corrected chi connectivity index (χ1v) is 6.12. The van der Waals surface area contributed by atoms with Crippen molar-refractivity contribution in [2.45, 2.75) is 6.92 Å². The van der Waals surface area contributed by atoms with Crippen molar-refractivity contribution in [3.05, 3.63) is 41.4 Å². The third-order valence-electron chi connectivity index (χ3n) is 2.08. The zero-order valence-electron chi connectivity index (χ0n) is 9.64. The molecule has 5 nitrogen and oxygen atoms in total. The fraction of sp³-hybridized carbons (Fsp3) is 0.0833. The van der Waals surface area contributed by atoms with Crippen LogP contribution in [0, 0.1) is 6.92 Å². The average molecular weight is 261 g/mol. The Hall–Kier alpha value is -2.21. The minimum absolute atomic E-state index is 0.417. The van der Waals surface area contributed by atoms with Crippen LogP contribution in [0.2, 0.25) is 0 Å². The molecule has 0 aliphatic rings. The lowest BCUT2D eigenvalue weighted by molar-refractivity contribution is -0.132. The van der Waals surface area contributed by atoms with Gasteiger partial charge in [-0.05, 0) is 19.1 Å². The first-order valence-electron chi connectivity index (χ1n) is 5.24. The van der Waals surface area contributed by atoms with E-state index in [4.69, 9.17) is 0 Å². The SMILES string of the molecule is Cc1csc(NC(=O)C(=O)Nc2ccccc2)n1. The molecule has 6 heteroatoms. The Morgan fingerprint density at radius 3 is 2.39 bits per heavy atom. The normalized spacial score (nSPS) is 9.83. The number of nitrogens with zero attached hydrogens (tertiary/aromatic N) is 1. The van der Waals surface area contributed by atoms with Gasteiger partial charge in [-0.3, -0.25) is 14.9 Å². The van der Waals surface area contributed by atoms with Crippen molar-refractivity contribution in [2.24, 2.45) is 0 Å². The molecule has 18 heavy (non-hydrogen) atoms. The van der Waals surface area contributed by atoms with Crippen LogP contribution >= 0.6 is 11.3 Å². The minimum Gasteiger partial charge on any atom is -0.318 e. The van der Waals surface area contributed by atoms with E-state index in [0.29, 0.717) is 10.8 Å². The molecule has 2 amide bonds. The molecule has 0 aliphatic heterocycles. The lowest BCUT2D eigenvalue weighted by Crippen LogP contribution is -2.28. The van der Waals surface area contributed by atoms with Crippen molar-refractivity contribution in [1.82, 2.24) is 4.98 Å². The molecule has 0 fully saturated rings. The first-order chi connectivity index (χ1) is 8.65. The summed E-state index contributed by atoms with van der Waals surface area (Å²) < 4.78 is 0. The minimum atomic E-state index is -0.729. The number of thiazole rings is 1. The van der Waals surface area contributed by atoms with Crippen LogP contribution in [0.3, 0.4) is 0 Å². The fourth-order valence-corrected chi connectivity index (χ4v) is 1.96. The van der Waals surface area contributed by atoms with Crippen molar-refractivity contribution in [3.8, 4) is 0 Å². The third-order valence-corrected chi connectivity index (χ3v) is 2.95. The molecule has 0 saturated heterocycles. The molecule has 2 N–H and O–H groups in total. The molecule has 0 atom stereocenters. The van der Waals surface area contributed by atoms with E-state index in [2.05, 4.69) is 15.6 Å². The van der Waals surface area contributed by atoms with Gasteiger partial charge in [0.05, 0.1) is 5.69 Å². The molecule has 1 heterocycles. The number of aromatic nitrogens is 1. The van der Waals surface area contributed by atoms with Gasteiger partial charge in [-0.1, -0.05) is 18.2 Å². The van der Waals surface area contributed by atoms with E-state index >= 15 is 0 Å². The fourth-order valence-electron chi connectivity index (χ4n) is 1.27. The molecule has 0 bridgehead atoms. The summed E-state index contributed by atoms with van der Waals surface area (Å²) in [5.74, 6) is -1.44. The highest BCUT2D eigenvalue weighted by molar-refractivity contribution is 7.14. The Morgan fingerprint density at radius 1 is 1.11 bits per heavy atom. The second-order valence-electron chi connectivity index (χ2n) is 3.57. The van der Waals surface area contributed by atoms with E-state index < -0.39 is 11.8 Å². The van der Waals surface area contributed by atoms with Crippen LogP contribution in [0.25, 0.3) is 0 Å². The van der Waals surface area contributed by atoms with Crippen LogP contribution in [0.4, 0.5) is 10.8 Å². The number of hydrogen-bond donors (Lipinski definition) is 2. The number of amides is 2. The number of anilines is 2. The molecule has 0 radical (unpaired) electrons. The molecule has 0 unspecified atom stereocenters. The number of benzene rings is 1. The van der Waals surface area contributed by atoms with Crippen molar-refractivity contribution < 1.29 is 9.59 Å². The van der Waals surface area contributed by atoms with E-state index in [9.17, 15) is 9.59 Å². The quantitative estimate of drug-likeness (QED) is 0.812. The summed E-state index contributed by atoms with van der Waals surface area (Å²) in [5, 5.41) is 7.15. The molecule has 1 aromatic carbocycles. The number of aryl methyl sites for hydroxylation is 1. The van der Waals surface area contributed by atoms with Gasteiger partial charge in [0.1, 0.15) is 0 Å². The number of rotatable bonds is 2. The molecule has 2 rings (SSSR count). The highest BCUT2D eigenvalue weighted by Gasteiger charge is 2.15. The van der Waals surface area contributed by atoms with Crippen LogP contribution in [0.1, 0.15) is 5.69 Å². The van der Waals surface area contributed by atoms with E-state index in [1.165, 1.54) is 11.3 Å². The summed E-state index contributed by atoms with van der Waals surface area (Å²) in [6.07, 6.45) is 0. The average Bonchev–Trinajstić information content (AvgIpc) is 2.76. The summed E-state index contributed by atoms with van der Waals surface area (Å²) in [5.41, 5.74) is 1.38. The molecular formula is C12H11N3O2S. The first kappa shape index (κ1) is 12.3. The van der Waals surface area contributed by atoms with Gasteiger partial charge < -0.3 is 5.32 Å². The van der Waals surface area contributed by atoms with Crippen LogP contribution in [-0.4, -0.2) is 16.8 Å². The topological polar surface area (TPSA) is 71.1 Å². The standard InChI is InChI=1S/C12H11N3O2S/c1-8-7-18-12(13-8)15-11(17)10(16)14-9-5-3-2-4-6-9/h2-7H,1H3,(H,14,16)(H,13,15,17). The Labute approximate surface area is 108 Å². The number of carbonyl (C=O) groups is 2. The van der Waals surface area contributed by atoms with Crippen LogP contribution in [0.5, 0.6) is 0 Å². The Bertz CT molecular complexity index is 566. The maximum Gasteiger partial charge on any atom is 0.315 e. The lowest BCUT2D eigenvalue weighted by atomic mass is 10.3. The van der Waals surface area contributed by atoms with E-state index in [1.807, 2.05) is 13.0 Å². The van der Waals surface area contributed by atoms with Crippen LogP contribution in [0.15, 0.2) is 35.7 Å². The number of nitrogens with one attached hydrogen (secondary N) is 2. The zero-order valence-corrected chi connectivity index (χ0v) is 10.5. The van der Waals surface area contributed by atoms with Gasteiger partial charge in [-0.15, -0.1) is 11.3 Å². The summed E-state index contributed by atoms with van der Waals surface area (Å²) in [7, 11) is 0. The largest absolute Gasteiger partial charge is 0.318 e. The van der Waals surface area contributed by atoms with Crippen LogP contribution < -0.4 is 10.6 Å². The highest BCUT2D eigenvalue weighted by Crippen LogP contribution is 2.14. The van der Waals surface area contributed by atoms with Crippen molar-refractivity contribution >= 4 is 34.0 Å². The molecule has 0 aliphatic carbocycles. The zero-order chi connectivity index (χ0) is 13.0. The predicted molar refractivity (Wildman–Crippen MR) is 70.6 cm³/mol. The Balaban J connectivity index is 1.95. The lowest BCUT2D eigenvalue weighted by Gasteiger charge is -2.03. The number of hydrogen-bond acceptors (Lipinski definition) is 4. The number of carbonyl (C=O) groups excluding carboxylic acids is 2. The highest BCUT2D eigenvalue weighted by atomic mass is 32.1. The summed E-state index contributed by atoms with van der Waals surface area (Å²) in [4.78, 5) is 27.2. The molecule has 1 aromatic heterocycles. The second kappa shape index (κ2) is 5.42. The summed E-state index contributed by atoms with van der Waals surface area (Å²) >= 11 is 1.28. The monoisotopic (exact) mass is 261 g/mol. The van der Waals surface area contributed by atoms with Gasteiger partial charge in [-0.2, -0.15) is 0 Å². The molecular weight excluding hydrogens is 250 g/mol. The van der Waals surface area contributed by atoms with Gasteiger partial charge in [0.25, 0.3) is 0 Å². The van der Waals surface area contributed by atoms with E-state index in [-0.39, 0.29) is 0 Å². The summed E-state index contributed by atoms with van der Waals surface area (Å²) in [6, 6.07) is 8.79.